The fourth-order valence-electron chi connectivity index (χ4n) is 4.02. The van der Waals surface area contributed by atoms with Crippen LogP contribution in [0.1, 0.15) is 39.3 Å². The molecule has 1 fully saturated rings. The summed E-state index contributed by atoms with van der Waals surface area (Å²) < 4.78 is 7.33. The van der Waals surface area contributed by atoms with Gasteiger partial charge in [-0.15, -0.1) is 0 Å². The van der Waals surface area contributed by atoms with E-state index in [9.17, 15) is 9.90 Å². The zero-order valence-electron chi connectivity index (χ0n) is 17.9. The lowest BCUT2D eigenvalue weighted by Crippen LogP contribution is -2.47. The average molecular weight is 421 g/mol. The summed E-state index contributed by atoms with van der Waals surface area (Å²) in [6, 6.07) is 12.0. The first kappa shape index (κ1) is 21.4. The third kappa shape index (κ3) is 4.90. The normalized spacial score (nSPS) is 19.0. The van der Waals surface area contributed by atoms with Gasteiger partial charge in [0.05, 0.1) is 30.1 Å². The maximum atomic E-state index is 11.8. The fourth-order valence-corrected chi connectivity index (χ4v) is 4.02. The highest BCUT2D eigenvalue weighted by Crippen LogP contribution is 2.20. The smallest absolute Gasteiger partial charge is 0.151 e. The van der Waals surface area contributed by atoms with Crippen LogP contribution in [0.4, 0.5) is 0 Å². The lowest BCUT2D eigenvalue weighted by atomic mass is 10.00. The molecule has 0 aliphatic carbocycles. The molecule has 1 aromatic carbocycles. The van der Waals surface area contributed by atoms with Gasteiger partial charge in [0.15, 0.2) is 6.29 Å². The van der Waals surface area contributed by atoms with Crippen LogP contribution in [0, 0.1) is 6.92 Å². The summed E-state index contributed by atoms with van der Waals surface area (Å²) in [6.07, 6.45) is 5.43. The van der Waals surface area contributed by atoms with Gasteiger partial charge in [0.25, 0.3) is 0 Å². The molecule has 3 heterocycles. The highest BCUT2D eigenvalue weighted by molar-refractivity contribution is 5.77. The number of aliphatic hydroxyl groups is 1. The predicted molar refractivity (Wildman–Crippen MR) is 117 cm³/mol. The fraction of sp³-hybridized carbons (Fsp3) is 0.375. The van der Waals surface area contributed by atoms with Gasteiger partial charge in [0, 0.05) is 36.8 Å². The highest BCUT2D eigenvalue weighted by atomic mass is 16.5. The summed E-state index contributed by atoms with van der Waals surface area (Å²) >= 11 is 0. The van der Waals surface area contributed by atoms with Gasteiger partial charge < -0.3 is 9.84 Å². The molecule has 2 aromatic heterocycles. The summed E-state index contributed by atoms with van der Waals surface area (Å²) in [6.45, 7) is 3.53. The third-order valence-corrected chi connectivity index (χ3v) is 5.91. The number of carbonyl (C=O) groups excluding carboxylic acids is 1. The number of ether oxygens (including phenoxy) is 1. The monoisotopic (exact) mass is 420 g/mol. The van der Waals surface area contributed by atoms with E-state index in [1.54, 1.807) is 6.20 Å². The van der Waals surface area contributed by atoms with Crippen LogP contribution >= 0.6 is 0 Å². The van der Waals surface area contributed by atoms with Gasteiger partial charge in [0.2, 0.25) is 0 Å². The van der Waals surface area contributed by atoms with Gasteiger partial charge in [-0.1, -0.05) is 12.1 Å². The number of benzene rings is 1. The first-order chi connectivity index (χ1) is 15.0. The van der Waals surface area contributed by atoms with Gasteiger partial charge in [0.1, 0.15) is 0 Å². The van der Waals surface area contributed by atoms with Crippen LogP contribution < -0.4 is 0 Å². The number of likely N-dealkylation sites (N-methyl/N-ethyl adjacent to an activating group) is 1. The van der Waals surface area contributed by atoms with Crippen molar-refractivity contribution in [2.24, 2.45) is 0 Å². The van der Waals surface area contributed by atoms with Crippen molar-refractivity contribution >= 4 is 6.29 Å². The molecule has 1 aliphatic heterocycles. The van der Waals surface area contributed by atoms with Crippen molar-refractivity contribution in [3.8, 4) is 5.69 Å². The molecule has 7 heteroatoms. The Balaban J connectivity index is 1.50. The summed E-state index contributed by atoms with van der Waals surface area (Å²) in [5.74, 6) is 0. The number of aromatic nitrogens is 3. The number of carbonyl (C=O) groups is 1. The molecule has 0 bridgehead atoms. The molecule has 1 aliphatic rings. The van der Waals surface area contributed by atoms with Crippen LogP contribution in [0.25, 0.3) is 5.69 Å². The Hall–Kier alpha value is -2.87. The zero-order chi connectivity index (χ0) is 21.8. The summed E-state index contributed by atoms with van der Waals surface area (Å²) in [5.41, 5.74) is 5.40. The van der Waals surface area contributed by atoms with Crippen molar-refractivity contribution < 1.29 is 14.6 Å². The second-order valence-electron chi connectivity index (χ2n) is 8.09. The summed E-state index contributed by atoms with van der Waals surface area (Å²) in [4.78, 5) is 18.6. The summed E-state index contributed by atoms with van der Waals surface area (Å²) in [5, 5.41) is 14.5. The number of nitrogens with zero attached hydrogens (tertiary/aromatic N) is 4. The van der Waals surface area contributed by atoms with E-state index in [1.807, 2.05) is 54.0 Å². The Morgan fingerprint density at radius 1 is 1.32 bits per heavy atom. The Kier molecular flexibility index (Phi) is 6.56. The quantitative estimate of drug-likeness (QED) is 0.592. The molecule has 1 saturated heterocycles. The van der Waals surface area contributed by atoms with Crippen LogP contribution in [0.3, 0.4) is 0 Å². The minimum absolute atomic E-state index is 0.0941. The number of hydrogen-bond acceptors (Lipinski definition) is 6. The first-order valence-corrected chi connectivity index (χ1v) is 10.5. The zero-order valence-corrected chi connectivity index (χ0v) is 17.9. The molecule has 4 rings (SSSR count). The largest absolute Gasteiger partial charge is 0.391 e. The Morgan fingerprint density at radius 2 is 2.13 bits per heavy atom. The molecule has 0 spiro atoms. The van der Waals surface area contributed by atoms with Gasteiger partial charge >= 0.3 is 0 Å². The maximum absolute atomic E-state index is 11.8. The second-order valence-corrected chi connectivity index (χ2v) is 8.09. The topological polar surface area (TPSA) is 80.5 Å². The molecule has 3 aromatic rings. The molecule has 2 atom stereocenters. The molecule has 2 unspecified atom stereocenters. The van der Waals surface area contributed by atoms with Gasteiger partial charge in [-0.2, -0.15) is 5.10 Å². The molecule has 162 valence electrons. The van der Waals surface area contributed by atoms with E-state index in [-0.39, 0.29) is 6.04 Å². The van der Waals surface area contributed by atoms with Crippen LogP contribution in [0.2, 0.25) is 0 Å². The minimum atomic E-state index is -0.427. The van der Waals surface area contributed by atoms with E-state index in [0.717, 1.165) is 34.5 Å². The van der Waals surface area contributed by atoms with Crippen LogP contribution in [0.5, 0.6) is 0 Å². The molecular weight excluding hydrogens is 392 g/mol. The summed E-state index contributed by atoms with van der Waals surface area (Å²) in [7, 11) is 1.93. The molecule has 0 saturated carbocycles. The number of aldehydes is 1. The first-order valence-electron chi connectivity index (χ1n) is 10.5. The Labute approximate surface area is 182 Å². The predicted octanol–water partition coefficient (Wildman–Crippen LogP) is 2.56. The van der Waals surface area contributed by atoms with Gasteiger partial charge in [-0.25, -0.2) is 4.68 Å². The van der Waals surface area contributed by atoms with Crippen molar-refractivity contribution in [3.05, 3.63) is 76.9 Å². The van der Waals surface area contributed by atoms with E-state index >= 15 is 0 Å². The molecule has 1 N–H and O–H groups in total. The van der Waals surface area contributed by atoms with Crippen LogP contribution in [-0.4, -0.2) is 63.5 Å². The van der Waals surface area contributed by atoms with Crippen molar-refractivity contribution in [1.82, 2.24) is 19.7 Å². The standard InChI is InChI=1S/C24H28N4O3/c1-17-19(12-18-4-6-21(7-5-18)28-10-3-9-25-28)13-20(15-29)22(26-17)14-27(2)23-16-31-11-8-24(23)30/h3-7,9-10,13,15,23-24,30H,8,11-12,14,16H2,1-2H3. The SMILES string of the molecule is Cc1nc(CN(C)C2COCCC2O)c(C=O)cc1Cc1ccc(-n2cccn2)cc1. The number of aliphatic hydroxyl groups excluding tert-OH is 1. The molecule has 0 radical (unpaired) electrons. The van der Waals surface area contributed by atoms with E-state index in [2.05, 4.69) is 17.2 Å². The van der Waals surface area contributed by atoms with E-state index in [1.165, 1.54) is 0 Å². The Bertz CT molecular complexity index is 1020. The van der Waals surface area contributed by atoms with E-state index < -0.39 is 6.10 Å². The average Bonchev–Trinajstić information content (AvgIpc) is 3.31. The van der Waals surface area contributed by atoms with Crippen molar-refractivity contribution in [1.29, 1.82) is 0 Å². The van der Waals surface area contributed by atoms with Crippen molar-refractivity contribution in [3.63, 3.8) is 0 Å². The molecular formula is C24H28N4O3. The number of hydrogen-bond donors (Lipinski definition) is 1. The minimum Gasteiger partial charge on any atom is -0.391 e. The van der Waals surface area contributed by atoms with Gasteiger partial charge in [-0.05, 0) is 62.2 Å². The third-order valence-electron chi connectivity index (χ3n) is 5.91. The van der Waals surface area contributed by atoms with Crippen molar-refractivity contribution in [2.45, 2.75) is 38.5 Å². The molecule has 7 nitrogen and oxygen atoms in total. The van der Waals surface area contributed by atoms with Crippen LogP contribution in [0.15, 0.2) is 48.8 Å². The lowest BCUT2D eigenvalue weighted by Gasteiger charge is -2.35. The molecule has 31 heavy (non-hydrogen) atoms. The highest BCUT2D eigenvalue weighted by Gasteiger charge is 2.28. The Morgan fingerprint density at radius 3 is 2.81 bits per heavy atom. The molecule has 0 amide bonds. The number of pyridine rings is 1. The van der Waals surface area contributed by atoms with E-state index in [0.29, 0.717) is 38.2 Å². The van der Waals surface area contributed by atoms with Crippen molar-refractivity contribution in [2.75, 3.05) is 20.3 Å². The number of aryl methyl sites for hydroxylation is 1. The van der Waals surface area contributed by atoms with Gasteiger partial charge in [-0.3, -0.25) is 14.7 Å². The lowest BCUT2D eigenvalue weighted by molar-refractivity contribution is -0.0565. The van der Waals surface area contributed by atoms with E-state index in [4.69, 9.17) is 9.72 Å². The maximum Gasteiger partial charge on any atom is 0.151 e. The van der Waals surface area contributed by atoms with Crippen LogP contribution in [-0.2, 0) is 17.7 Å². The number of rotatable bonds is 7. The second kappa shape index (κ2) is 9.51.